The largest absolute Gasteiger partial charge is 0.294 e. The van der Waals surface area contributed by atoms with Crippen LogP contribution in [0.3, 0.4) is 0 Å². The minimum absolute atomic E-state index is 0.00840. The van der Waals surface area contributed by atoms with E-state index < -0.39 is 0 Å². The van der Waals surface area contributed by atoms with Crippen molar-refractivity contribution in [2.75, 3.05) is 0 Å². The van der Waals surface area contributed by atoms with Crippen LogP contribution in [0, 0.1) is 11.7 Å². The zero-order chi connectivity index (χ0) is 13.8. The molecule has 2 aromatic rings. The average molecular weight is 256 g/mol. The van der Waals surface area contributed by atoms with Crippen LogP contribution in [-0.2, 0) is 6.42 Å². The fourth-order valence-corrected chi connectivity index (χ4v) is 2.00. The molecule has 0 fully saturated rings. The number of Topliss-reactive ketones (excluding diaryl/α,β-unsaturated/α-hetero) is 1. The summed E-state index contributed by atoms with van der Waals surface area (Å²) in [6.07, 6.45) is 0.675. The van der Waals surface area contributed by atoms with Crippen LogP contribution in [0.25, 0.3) is 0 Å². The summed E-state index contributed by atoms with van der Waals surface area (Å²) < 4.78 is 13.1. The van der Waals surface area contributed by atoms with Gasteiger partial charge in [-0.3, -0.25) is 4.79 Å². The molecule has 0 atom stereocenters. The number of ketones is 1. The number of hydrogen-bond donors (Lipinski definition) is 0. The lowest BCUT2D eigenvalue weighted by Crippen LogP contribution is -2.07. The van der Waals surface area contributed by atoms with Crippen molar-refractivity contribution in [3.05, 3.63) is 71.0 Å². The zero-order valence-corrected chi connectivity index (χ0v) is 11.2. The van der Waals surface area contributed by atoms with Crippen molar-refractivity contribution in [3.63, 3.8) is 0 Å². The summed E-state index contributed by atoms with van der Waals surface area (Å²) in [5.41, 5.74) is 2.74. The van der Waals surface area contributed by atoms with E-state index in [1.54, 1.807) is 6.07 Å². The zero-order valence-electron chi connectivity index (χ0n) is 11.2. The standard InChI is InChI=1S/C17H17FO/c1-12(2)17(19)15-8-6-13(7-9-15)10-14-4-3-5-16(18)11-14/h3-9,11-12H,10H2,1-2H3. The Balaban J connectivity index is 2.13. The van der Waals surface area contributed by atoms with Crippen molar-refractivity contribution >= 4 is 5.78 Å². The first-order valence-corrected chi connectivity index (χ1v) is 6.44. The van der Waals surface area contributed by atoms with Gasteiger partial charge >= 0.3 is 0 Å². The SMILES string of the molecule is CC(C)C(=O)c1ccc(Cc2cccc(F)c2)cc1. The van der Waals surface area contributed by atoms with Crippen LogP contribution in [-0.4, -0.2) is 5.78 Å². The van der Waals surface area contributed by atoms with Gasteiger partial charge in [0, 0.05) is 11.5 Å². The molecule has 0 aromatic heterocycles. The van der Waals surface area contributed by atoms with Gasteiger partial charge in [0.25, 0.3) is 0 Å². The van der Waals surface area contributed by atoms with Gasteiger partial charge in [0.15, 0.2) is 5.78 Å². The molecule has 0 aliphatic carbocycles. The number of benzene rings is 2. The van der Waals surface area contributed by atoms with E-state index in [1.807, 2.05) is 44.2 Å². The van der Waals surface area contributed by atoms with Crippen LogP contribution in [0.5, 0.6) is 0 Å². The lowest BCUT2D eigenvalue weighted by molar-refractivity contribution is 0.0939. The van der Waals surface area contributed by atoms with Crippen molar-refractivity contribution in [1.29, 1.82) is 0 Å². The molecule has 2 aromatic carbocycles. The van der Waals surface area contributed by atoms with Crippen LogP contribution >= 0.6 is 0 Å². The van der Waals surface area contributed by atoms with Gasteiger partial charge in [0.2, 0.25) is 0 Å². The molecule has 2 heteroatoms. The first kappa shape index (κ1) is 13.5. The van der Waals surface area contributed by atoms with Gasteiger partial charge in [-0.1, -0.05) is 50.2 Å². The molecule has 19 heavy (non-hydrogen) atoms. The average Bonchev–Trinajstić information content (AvgIpc) is 2.39. The van der Waals surface area contributed by atoms with E-state index in [0.717, 1.165) is 16.7 Å². The summed E-state index contributed by atoms with van der Waals surface area (Å²) in [6, 6.07) is 14.1. The number of carbonyl (C=O) groups excluding carboxylic acids is 1. The molecule has 0 saturated carbocycles. The summed E-state index contributed by atoms with van der Waals surface area (Å²) in [7, 11) is 0. The highest BCUT2D eigenvalue weighted by molar-refractivity contribution is 5.97. The van der Waals surface area contributed by atoms with E-state index in [1.165, 1.54) is 12.1 Å². The number of rotatable bonds is 4. The Morgan fingerprint density at radius 3 is 2.32 bits per heavy atom. The van der Waals surface area contributed by atoms with Crippen molar-refractivity contribution in [1.82, 2.24) is 0 Å². The third-order valence-electron chi connectivity index (χ3n) is 3.06. The summed E-state index contributed by atoms with van der Waals surface area (Å²) in [5, 5.41) is 0. The van der Waals surface area contributed by atoms with Crippen molar-refractivity contribution in [3.8, 4) is 0 Å². The summed E-state index contributed by atoms with van der Waals surface area (Å²) in [5.74, 6) is -0.0597. The van der Waals surface area contributed by atoms with Crippen molar-refractivity contribution in [2.24, 2.45) is 5.92 Å². The molecule has 0 saturated heterocycles. The topological polar surface area (TPSA) is 17.1 Å². The number of hydrogen-bond acceptors (Lipinski definition) is 1. The molecule has 0 radical (unpaired) electrons. The fraction of sp³-hybridized carbons (Fsp3) is 0.235. The van der Waals surface area contributed by atoms with Crippen LogP contribution in [0.4, 0.5) is 4.39 Å². The summed E-state index contributed by atoms with van der Waals surface area (Å²) in [4.78, 5) is 11.8. The number of carbonyl (C=O) groups is 1. The second-order valence-electron chi connectivity index (χ2n) is 5.02. The molecular weight excluding hydrogens is 239 g/mol. The van der Waals surface area contributed by atoms with Gasteiger partial charge in [-0.15, -0.1) is 0 Å². The van der Waals surface area contributed by atoms with Crippen molar-refractivity contribution in [2.45, 2.75) is 20.3 Å². The quantitative estimate of drug-likeness (QED) is 0.747. The monoisotopic (exact) mass is 256 g/mol. The first-order chi connectivity index (χ1) is 9.06. The molecular formula is C17H17FO. The maximum absolute atomic E-state index is 13.1. The maximum atomic E-state index is 13.1. The summed E-state index contributed by atoms with van der Waals surface area (Å²) in [6.45, 7) is 3.78. The predicted octanol–water partition coefficient (Wildman–Crippen LogP) is 4.26. The second kappa shape index (κ2) is 5.79. The lowest BCUT2D eigenvalue weighted by Gasteiger charge is -2.06. The highest BCUT2D eigenvalue weighted by atomic mass is 19.1. The van der Waals surface area contributed by atoms with Crippen LogP contribution in [0.1, 0.15) is 35.3 Å². The first-order valence-electron chi connectivity index (χ1n) is 6.44. The van der Waals surface area contributed by atoms with Crippen molar-refractivity contribution < 1.29 is 9.18 Å². The molecule has 0 spiro atoms. The number of halogens is 1. The fourth-order valence-electron chi connectivity index (χ4n) is 2.00. The summed E-state index contributed by atoms with van der Waals surface area (Å²) >= 11 is 0. The van der Waals surface area contributed by atoms with E-state index in [4.69, 9.17) is 0 Å². The Morgan fingerprint density at radius 1 is 1.05 bits per heavy atom. The second-order valence-corrected chi connectivity index (χ2v) is 5.02. The molecule has 0 amide bonds. The molecule has 0 aliphatic heterocycles. The Bertz CT molecular complexity index is 570. The Hall–Kier alpha value is -1.96. The van der Waals surface area contributed by atoms with Gasteiger partial charge in [-0.25, -0.2) is 4.39 Å². The van der Waals surface area contributed by atoms with Gasteiger partial charge in [0.1, 0.15) is 5.82 Å². The Kier molecular flexibility index (Phi) is 4.10. The van der Waals surface area contributed by atoms with E-state index in [2.05, 4.69) is 0 Å². The molecule has 2 rings (SSSR count). The molecule has 0 aliphatic rings. The molecule has 0 bridgehead atoms. The van der Waals surface area contributed by atoms with Crippen LogP contribution in [0.15, 0.2) is 48.5 Å². The third-order valence-corrected chi connectivity index (χ3v) is 3.06. The Labute approximate surface area is 113 Å². The van der Waals surface area contributed by atoms with Crippen LogP contribution in [0.2, 0.25) is 0 Å². The van der Waals surface area contributed by atoms with E-state index in [9.17, 15) is 9.18 Å². The molecule has 0 unspecified atom stereocenters. The van der Waals surface area contributed by atoms with Gasteiger partial charge in [0.05, 0.1) is 0 Å². The van der Waals surface area contributed by atoms with E-state index in [0.29, 0.717) is 6.42 Å². The highest BCUT2D eigenvalue weighted by Gasteiger charge is 2.09. The highest BCUT2D eigenvalue weighted by Crippen LogP contribution is 2.14. The van der Waals surface area contributed by atoms with E-state index in [-0.39, 0.29) is 17.5 Å². The predicted molar refractivity (Wildman–Crippen MR) is 74.8 cm³/mol. The smallest absolute Gasteiger partial charge is 0.165 e. The lowest BCUT2D eigenvalue weighted by atomic mass is 9.98. The van der Waals surface area contributed by atoms with Crippen LogP contribution < -0.4 is 0 Å². The van der Waals surface area contributed by atoms with E-state index >= 15 is 0 Å². The molecule has 0 heterocycles. The Morgan fingerprint density at radius 2 is 1.74 bits per heavy atom. The maximum Gasteiger partial charge on any atom is 0.165 e. The normalized spacial score (nSPS) is 10.7. The van der Waals surface area contributed by atoms with Gasteiger partial charge in [-0.2, -0.15) is 0 Å². The van der Waals surface area contributed by atoms with Gasteiger partial charge in [-0.05, 0) is 29.7 Å². The third kappa shape index (κ3) is 3.50. The molecule has 1 nitrogen and oxygen atoms in total. The molecule has 98 valence electrons. The minimum Gasteiger partial charge on any atom is -0.294 e. The van der Waals surface area contributed by atoms with Gasteiger partial charge < -0.3 is 0 Å². The molecule has 0 N–H and O–H groups in total. The minimum atomic E-state index is -0.218.